The van der Waals surface area contributed by atoms with Crippen molar-refractivity contribution >= 4 is 15.9 Å². The van der Waals surface area contributed by atoms with Gasteiger partial charge in [-0.3, -0.25) is 0 Å². The summed E-state index contributed by atoms with van der Waals surface area (Å²) in [5.74, 6) is 0.447. The molecule has 19 heavy (non-hydrogen) atoms. The van der Waals surface area contributed by atoms with Gasteiger partial charge in [0.15, 0.2) is 0 Å². The van der Waals surface area contributed by atoms with E-state index in [0.717, 1.165) is 24.0 Å². The first kappa shape index (κ1) is 15.0. The van der Waals surface area contributed by atoms with E-state index in [1.54, 1.807) is 0 Å². The van der Waals surface area contributed by atoms with Crippen LogP contribution in [0.4, 0.5) is 0 Å². The molecular weight excluding hydrogens is 302 g/mol. The van der Waals surface area contributed by atoms with Crippen LogP contribution in [0.25, 0.3) is 0 Å². The van der Waals surface area contributed by atoms with Crippen LogP contribution in [0.2, 0.25) is 0 Å². The van der Waals surface area contributed by atoms with E-state index in [1.807, 2.05) is 0 Å². The normalized spacial score (nSPS) is 24.4. The molecule has 1 aliphatic carbocycles. The zero-order valence-corrected chi connectivity index (χ0v) is 13.3. The highest BCUT2D eigenvalue weighted by Crippen LogP contribution is 2.24. The maximum Gasteiger partial charge on any atom is 0.0580 e. The van der Waals surface area contributed by atoms with Crippen LogP contribution in [0.1, 0.15) is 37.7 Å². The molecule has 0 radical (unpaired) electrons. The SMILES string of the molecule is CN(Cc1ccc(Br)cc1)CC1CCCCCC1O. The maximum absolute atomic E-state index is 10.2. The maximum atomic E-state index is 10.2. The minimum absolute atomic E-state index is 0.102. The van der Waals surface area contributed by atoms with Crippen LogP contribution in [-0.4, -0.2) is 29.7 Å². The van der Waals surface area contributed by atoms with Gasteiger partial charge < -0.3 is 10.0 Å². The van der Waals surface area contributed by atoms with Gasteiger partial charge in [0.25, 0.3) is 0 Å². The second-order valence-electron chi connectivity index (χ2n) is 5.79. The predicted octanol–water partition coefficient (Wildman–Crippen LogP) is 3.82. The first-order valence-corrected chi connectivity index (χ1v) is 8.05. The molecule has 1 aromatic carbocycles. The second kappa shape index (κ2) is 7.41. The number of aliphatic hydroxyl groups is 1. The molecule has 1 aliphatic rings. The Morgan fingerprint density at radius 3 is 2.58 bits per heavy atom. The standard InChI is InChI=1S/C16H24BrNO/c1-18(11-13-7-9-15(17)10-8-13)12-14-5-3-2-4-6-16(14)19/h7-10,14,16,19H,2-6,11-12H2,1H3. The molecule has 2 unspecified atom stereocenters. The molecule has 0 spiro atoms. The number of halogens is 1. The number of hydrogen-bond acceptors (Lipinski definition) is 2. The van der Waals surface area contributed by atoms with Crippen LogP contribution in [0, 0.1) is 5.92 Å². The van der Waals surface area contributed by atoms with Crippen LogP contribution >= 0.6 is 15.9 Å². The van der Waals surface area contributed by atoms with Gasteiger partial charge in [0, 0.05) is 17.6 Å². The van der Waals surface area contributed by atoms with Gasteiger partial charge in [0.2, 0.25) is 0 Å². The molecule has 2 rings (SSSR count). The number of rotatable bonds is 4. The summed E-state index contributed by atoms with van der Waals surface area (Å²) < 4.78 is 1.12. The Hall–Kier alpha value is -0.380. The third kappa shape index (κ3) is 4.90. The second-order valence-corrected chi connectivity index (χ2v) is 6.70. The first-order chi connectivity index (χ1) is 9.15. The Morgan fingerprint density at radius 2 is 1.84 bits per heavy atom. The summed E-state index contributed by atoms with van der Waals surface area (Å²) in [6.07, 6.45) is 5.80. The van der Waals surface area contributed by atoms with E-state index in [9.17, 15) is 5.11 Å². The van der Waals surface area contributed by atoms with Crippen molar-refractivity contribution in [3.05, 3.63) is 34.3 Å². The summed E-state index contributed by atoms with van der Waals surface area (Å²) in [5.41, 5.74) is 1.33. The van der Waals surface area contributed by atoms with Crippen molar-refractivity contribution in [3.63, 3.8) is 0 Å². The van der Waals surface area contributed by atoms with Gasteiger partial charge in [0.1, 0.15) is 0 Å². The lowest BCUT2D eigenvalue weighted by atomic mass is 9.96. The minimum Gasteiger partial charge on any atom is -0.393 e. The van der Waals surface area contributed by atoms with Gasteiger partial charge in [-0.25, -0.2) is 0 Å². The van der Waals surface area contributed by atoms with E-state index in [2.05, 4.69) is 52.1 Å². The van der Waals surface area contributed by atoms with E-state index < -0.39 is 0 Å². The summed E-state index contributed by atoms with van der Waals surface area (Å²) in [5, 5.41) is 10.2. The molecule has 0 amide bonds. The minimum atomic E-state index is -0.102. The zero-order chi connectivity index (χ0) is 13.7. The Bertz CT molecular complexity index is 379. The van der Waals surface area contributed by atoms with E-state index in [4.69, 9.17) is 0 Å². The zero-order valence-electron chi connectivity index (χ0n) is 11.7. The van der Waals surface area contributed by atoms with Gasteiger partial charge in [-0.05, 0) is 43.5 Å². The molecule has 0 aliphatic heterocycles. The van der Waals surface area contributed by atoms with Crippen molar-refractivity contribution in [2.45, 2.75) is 44.8 Å². The Balaban J connectivity index is 1.85. The summed E-state index contributed by atoms with van der Waals surface area (Å²) >= 11 is 3.46. The molecule has 0 aromatic heterocycles. The highest BCUT2D eigenvalue weighted by atomic mass is 79.9. The van der Waals surface area contributed by atoms with Gasteiger partial charge in [0.05, 0.1) is 6.10 Å². The van der Waals surface area contributed by atoms with Gasteiger partial charge in [-0.1, -0.05) is 47.3 Å². The predicted molar refractivity (Wildman–Crippen MR) is 83.1 cm³/mol. The third-order valence-corrected chi connectivity index (χ3v) is 4.56. The fraction of sp³-hybridized carbons (Fsp3) is 0.625. The van der Waals surface area contributed by atoms with Crippen molar-refractivity contribution < 1.29 is 5.11 Å². The average molecular weight is 326 g/mol. The molecule has 0 bridgehead atoms. The molecule has 3 heteroatoms. The smallest absolute Gasteiger partial charge is 0.0580 e. The van der Waals surface area contributed by atoms with E-state index >= 15 is 0 Å². The topological polar surface area (TPSA) is 23.5 Å². The van der Waals surface area contributed by atoms with Crippen molar-refractivity contribution in [1.29, 1.82) is 0 Å². The van der Waals surface area contributed by atoms with Gasteiger partial charge in [-0.15, -0.1) is 0 Å². The summed E-state index contributed by atoms with van der Waals surface area (Å²) in [6, 6.07) is 8.49. The first-order valence-electron chi connectivity index (χ1n) is 7.26. The quantitative estimate of drug-likeness (QED) is 0.850. The van der Waals surface area contributed by atoms with Crippen LogP contribution in [0.5, 0.6) is 0 Å². The Kier molecular flexibility index (Phi) is 5.86. The van der Waals surface area contributed by atoms with Gasteiger partial charge >= 0.3 is 0 Å². The highest BCUT2D eigenvalue weighted by Gasteiger charge is 2.22. The third-order valence-electron chi connectivity index (χ3n) is 4.03. The van der Waals surface area contributed by atoms with Crippen LogP contribution < -0.4 is 0 Å². The fourth-order valence-electron chi connectivity index (χ4n) is 2.94. The van der Waals surface area contributed by atoms with E-state index in [0.29, 0.717) is 5.92 Å². The average Bonchev–Trinajstić information content (AvgIpc) is 2.58. The van der Waals surface area contributed by atoms with Crippen molar-refractivity contribution in [2.75, 3.05) is 13.6 Å². The number of benzene rings is 1. The molecule has 1 saturated carbocycles. The molecule has 2 atom stereocenters. The van der Waals surface area contributed by atoms with Crippen LogP contribution in [-0.2, 0) is 6.54 Å². The highest BCUT2D eigenvalue weighted by molar-refractivity contribution is 9.10. The summed E-state index contributed by atoms with van der Waals surface area (Å²) in [7, 11) is 2.15. The molecule has 0 saturated heterocycles. The lowest BCUT2D eigenvalue weighted by molar-refractivity contribution is 0.0780. The molecule has 2 nitrogen and oxygen atoms in total. The molecule has 1 N–H and O–H groups in total. The van der Waals surface area contributed by atoms with Crippen LogP contribution in [0.3, 0.4) is 0 Å². The van der Waals surface area contributed by atoms with Crippen LogP contribution in [0.15, 0.2) is 28.7 Å². The monoisotopic (exact) mass is 325 g/mol. The van der Waals surface area contributed by atoms with Crippen molar-refractivity contribution in [1.82, 2.24) is 4.90 Å². The molecule has 1 aromatic rings. The largest absolute Gasteiger partial charge is 0.393 e. The summed E-state index contributed by atoms with van der Waals surface area (Å²) in [4.78, 5) is 2.34. The molecule has 106 valence electrons. The van der Waals surface area contributed by atoms with Crippen molar-refractivity contribution in [3.8, 4) is 0 Å². The Labute approximate surface area is 124 Å². The fourth-order valence-corrected chi connectivity index (χ4v) is 3.21. The van der Waals surface area contributed by atoms with E-state index in [1.165, 1.54) is 31.2 Å². The molecular formula is C16H24BrNO. The number of hydrogen-bond donors (Lipinski definition) is 1. The van der Waals surface area contributed by atoms with Gasteiger partial charge in [-0.2, -0.15) is 0 Å². The lowest BCUT2D eigenvalue weighted by Gasteiger charge is -2.26. The number of aliphatic hydroxyl groups excluding tert-OH is 1. The lowest BCUT2D eigenvalue weighted by Crippen LogP contribution is -2.32. The van der Waals surface area contributed by atoms with E-state index in [-0.39, 0.29) is 6.10 Å². The number of nitrogens with zero attached hydrogens (tertiary/aromatic N) is 1. The molecule has 1 fully saturated rings. The summed E-state index contributed by atoms with van der Waals surface area (Å²) in [6.45, 7) is 1.95. The Morgan fingerprint density at radius 1 is 1.16 bits per heavy atom. The van der Waals surface area contributed by atoms with Crippen molar-refractivity contribution in [2.24, 2.45) is 5.92 Å². The molecule has 0 heterocycles.